The fourth-order valence-corrected chi connectivity index (χ4v) is 2.58. The molecule has 1 atom stereocenters. The molecule has 1 aliphatic rings. The first-order valence-electron chi connectivity index (χ1n) is 7.53. The molecule has 0 aromatic carbocycles. The van der Waals surface area contributed by atoms with Crippen LogP contribution in [0.25, 0.3) is 0 Å². The molecule has 0 spiro atoms. The van der Waals surface area contributed by atoms with Crippen LogP contribution in [0.15, 0.2) is 0 Å². The van der Waals surface area contributed by atoms with Crippen molar-refractivity contribution in [3.63, 3.8) is 0 Å². The van der Waals surface area contributed by atoms with E-state index in [4.69, 9.17) is 0 Å². The molecule has 2 amide bonds. The second-order valence-electron chi connectivity index (χ2n) is 5.50. The van der Waals surface area contributed by atoms with Gasteiger partial charge in [-0.3, -0.25) is 0 Å². The molecule has 0 heterocycles. The molecule has 0 aromatic rings. The summed E-state index contributed by atoms with van der Waals surface area (Å²) in [5.74, 6) is 0. The van der Waals surface area contributed by atoms with Crippen molar-refractivity contribution < 1.29 is 9.90 Å². The summed E-state index contributed by atoms with van der Waals surface area (Å²) >= 11 is 0. The number of carbonyl (C=O) groups excluding carboxylic acids is 1. The van der Waals surface area contributed by atoms with Crippen molar-refractivity contribution in [1.29, 1.82) is 0 Å². The van der Waals surface area contributed by atoms with E-state index in [0.29, 0.717) is 19.1 Å². The summed E-state index contributed by atoms with van der Waals surface area (Å²) in [7, 11) is 2.13. The molecule has 0 aromatic heterocycles. The molecule has 1 saturated carbocycles. The van der Waals surface area contributed by atoms with Gasteiger partial charge in [0, 0.05) is 25.7 Å². The lowest BCUT2D eigenvalue weighted by Gasteiger charge is -2.24. The van der Waals surface area contributed by atoms with Gasteiger partial charge in [0.2, 0.25) is 0 Å². The minimum Gasteiger partial charge on any atom is -0.391 e. The number of nitrogens with zero attached hydrogens (tertiary/aromatic N) is 1. The average Bonchev–Trinajstić information content (AvgIpc) is 2.90. The van der Waals surface area contributed by atoms with E-state index in [0.717, 1.165) is 19.4 Å². The summed E-state index contributed by atoms with van der Waals surface area (Å²) in [6.07, 6.45) is 6.45. The molecule has 1 aliphatic carbocycles. The molecule has 3 N–H and O–H groups in total. The number of amides is 2. The third kappa shape index (κ3) is 6.78. The normalized spacial score (nSPS) is 17.7. The molecule has 0 bridgehead atoms. The van der Waals surface area contributed by atoms with Gasteiger partial charge in [0.15, 0.2) is 0 Å². The van der Waals surface area contributed by atoms with Crippen molar-refractivity contribution >= 4 is 6.03 Å². The van der Waals surface area contributed by atoms with E-state index < -0.39 is 6.10 Å². The van der Waals surface area contributed by atoms with E-state index in [-0.39, 0.29) is 6.03 Å². The third-order valence-electron chi connectivity index (χ3n) is 3.82. The zero-order chi connectivity index (χ0) is 14.1. The average molecular weight is 271 g/mol. The van der Waals surface area contributed by atoms with Gasteiger partial charge in [0.05, 0.1) is 6.10 Å². The third-order valence-corrected chi connectivity index (χ3v) is 3.82. The summed E-state index contributed by atoms with van der Waals surface area (Å²) in [6, 6.07) is 0.506. The number of carbonyl (C=O) groups is 1. The van der Waals surface area contributed by atoms with E-state index in [9.17, 15) is 9.90 Å². The van der Waals surface area contributed by atoms with Crippen LogP contribution in [0.4, 0.5) is 4.79 Å². The van der Waals surface area contributed by atoms with Crippen LogP contribution in [0.5, 0.6) is 0 Å². The van der Waals surface area contributed by atoms with Crippen LogP contribution in [0.3, 0.4) is 0 Å². The molecule has 1 fully saturated rings. The van der Waals surface area contributed by atoms with Crippen molar-refractivity contribution in [2.75, 3.05) is 26.7 Å². The lowest BCUT2D eigenvalue weighted by Crippen LogP contribution is -2.43. The van der Waals surface area contributed by atoms with Crippen LogP contribution < -0.4 is 10.6 Å². The van der Waals surface area contributed by atoms with E-state index in [2.05, 4.69) is 22.6 Å². The van der Waals surface area contributed by atoms with E-state index in [1.165, 1.54) is 25.7 Å². The molecular weight excluding hydrogens is 242 g/mol. The Labute approximate surface area is 116 Å². The van der Waals surface area contributed by atoms with Gasteiger partial charge in [-0.15, -0.1) is 0 Å². The van der Waals surface area contributed by atoms with Crippen LogP contribution in [-0.4, -0.2) is 54.9 Å². The van der Waals surface area contributed by atoms with Gasteiger partial charge in [-0.2, -0.15) is 0 Å². The first kappa shape index (κ1) is 16.2. The SMILES string of the molecule is CCCC(O)CNC(=O)NCCN(C)C1CCCC1. The predicted octanol–water partition coefficient (Wildman–Crippen LogP) is 1.32. The summed E-state index contributed by atoms with van der Waals surface area (Å²) in [6.45, 7) is 3.89. The van der Waals surface area contributed by atoms with Gasteiger partial charge in [-0.1, -0.05) is 26.2 Å². The lowest BCUT2D eigenvalue weighted by molar-refractivity contribution is 0.160. The van der Waals surface area contributed by atoms with Gasteiger partial charge in [-0.25, -0.2) is 4.79 Å². The van der Waals surface area contributed by atoms with Crippen molar-refractivity contribution in [3.8, 4) is 0 Å². The Morgan fingerprint density at radius 3 is 2.68 bits per heavy atom. The minimum atomic E-state index is -0.433. The second-order valence-corrected chi connectivity index (χ2v) is 5.50. The Bertz CT molecular complexity index is 255. The molecule has 5 nitrogen and oxygen atoms in total. The Morgan fingerprint density at radius 2 is 2.05 bits per heavy atom. The van der Waals surface area contributed by atoms with Crippen LogP contribution in [0.1, 0.15) is 45.4 Å². The zero-order valence-electron chi connectivity index (χ0n) is 12.3. The van der Waals surface area contributed by atoms with Crippen LogP contribution in [-0.2, 0) is 0 Å². The summed E-state index contributed by atoms with van der Waals surface area (Å²) < 4.78 is 0. The molecule has 112 valence electrons. The standard InChI is InChI=1S/C14H29N3O2/c1-3-6-13(18)11-16-14(19)15-9-10-17(2)12-7-4-5-8-12/h12-13,18H,3-11H2,1-2H3,(H2,15,16,19). The quantitative estimate of drug-likeness (QED) is 0.624. The smallest absolute Gasteiger partial charge is 0.314 e. The van der Waals surface area contributed by atoms with Crippen molar-refractivity contribution in [1.82, 2.24) is 15.5 Å². The highest BCUT2D eigenvalue weighted by Gasteiger charge is 2.18. The first-order chi connectivity index (χ1) is 9.13. The van der Waals surface area contributed by atoms with Crippen LogP contribution in [0.2, 0.25) is 0 Å². The topological polar surface area (TPSA) is 64.6 Å². The number of urea groups is 1. The van der Waals surface area contributed by atoms with Gasteiger partial charge in [-0.05, 0) is 26.3 Å². The molecule has 19 heavy (non-hydrogen) atoms. The number of hydrogen-bond donors (Lipinski definition) is 3. The molecular formula is C14H29N3O2. The minimum absolute atomic E-state index is 0.185. The molecule has 0 saturated heterocycles. The Balaban J connectivity index is 2.03. The molecule has 1 unspecified atom stereocenters. The van der Waals surface area contributed by atoms with Gasteiger partial charge >= 0.3 is 6.03 Å². The number of rotatable bonds is 8. The van der Waals surface area contributed by atoms with E-state index >= 15 is 0 Å². The number of likely N-dealkylation sites (N-methyl/N-ethyl adjacent to an activating group) is 1. The van der Waals surface area contributed by atoms with E-state index in [1.807, 2.05) is 6.92 Å². The van der Waals surface area contributed by atoms with E-state index in [1.54, 1.807) is 0 Å². The Kier molecular flexibility index (Phi) is 7.82. The zero-order valence-corrected chi connectivity index (χ0v) is 12.3. The predicted molar refractivity (Wildman–Crippen MR) is 77.2 cm³/mol. The van der Waals surface area contributed by atoms with Gasteiger partial charge in [0.1, 0.15) is 0 Å². The Morgan fingerprint density at radius 1 is 1.37 bits per heavy atom. The number of aliphatic hydroxyl groups is 1. The maximum Gasteiger partial charge on any atom is 0.314 e. The molecule has 5 heteroatoms. The van der Waals surface area contributed by atoms with Crippen molar-refractivity contribution in [2.24, 2.45) is 0 Å². The van der Waals surface area contributed by atoms with Crippen molar-refractivity contribution in [2.45, 2.75) is 57.6 Å². The monoisotopic (exact) mass is 271 g/mol. The fraction of sp³-hybridized carbons (Fsp3) is 0.929. The van der Waals surface area contributed by atoms with Crippen LogP contribution >= 0.6 is 0 Å². The van der Waals surface area contributed by atoms with Crippen LogP contribution in [0, 0.1) is 0 Å². The lowest BCUT2D eigenvalue weighted by atomic mass is 10.2. The molecule has 0 radical (unpaired) electrons. The largest absolute Gasteiger partial charge is 0.391 e. The fourth-order valence-electron chi connectivity index (χ4n) is 2.58. The summed E-state index contributed by atoms with van der Waals surface area (Å²) in [4.78, 5) is 13.8. The number of aliphatic hydroxyl groups excluding tert-OH is 1. The van der Waals surface area contributed by atoms with Gasteiger partial charge in [0.25, 0.3) is 0 Å². The maximum atomic E-state index is 11.5. The molecule has 1 rings (SSSR count). The molecule has 0 aliphatic heterocycles. The van der Waals surface area contributed by atoms with Crippen molar-refractivity contribution in [3.05, 3.63) is 0 Å². The highest BCUT2D eigenvalue weighted by Crippen LogP contribution is 2.21. The number of nitrogens with one attached hydrogen (secondary N) is 2. The first-order valence-corrected chi connectivity index (χ1v) is 7.53. The summed E-state index contributed by atoms with van der Waals surface area (Å²) in [5.41, 5.74) is 0. The Hall–Kier alpha value is -0.810. The second kappa shape index (κ2) is 9.15. The highest BCUT2D eigenvalue weighted by molar-refractivity contribution is 5.73. The number of hydrogen-bond acceptors (Lipinski definition) is 3. The summed E-state index contributed by atoms with van der Waals surface area (Å²) in [5, 5.41) is 15.0. The maximum absolute atomic E-state index is 11.5. The highest BCUT2D eigenvalue weighted by atomic mass is 16.3. The van der Waals surface area contributed by atoms with Gasteiger partial charge < -0.3 is 20.6 Å².